The van der Waals surface area contributed by atoms with Crippen LogP contribution in [0.5, 0.6) is 0 Å². The zero-order chi connectivity index (χ0) is 9.14. The van der Waals surface area contributed by atoms with Crippen LogP contribution < -0.4 is 0 Å². The minimum atomic E-state index is -0.306. The van der Waals surface area contributed by atoms with Gasteiger partial charge in [-0.05, 0) is 30.5 Å². The molecule has 0 atom stereocenters. The molecule has 1 rings (SSSR count). The molecular formula is C8H8FN3. The van der Waals surface area contributed by atoms with E-state index in [1.54, 1.807) is 26.0 Å². The van der Waals surface area contributed by atoms with Crippen molar-refractivity contribution in [2.24, 2.45) is 5.11 Å². The molecule has 0 aliphatic heterocycles. The van der Waals surface area contributed by atoms with E-state index in [0.717, 1.165) is 0 Å². The number of rotatable bonds is 1. The summed E-state index contributed by atoms with van der Waals surface area (Å²) < 4.78 is 13.1. The highest BCUT2D eigenvalue weighted by Gasteiger charge is 2.04. The summed E-state index contributed by atoms with van der Waals surface area (Å²) in [7, 11) is 0. The molecule has 12 heavy (non-hydrogen) atoms. The summed E-state index contributed by atoms with van der Waals surface area (Å²) in [6.45, 7) is 3.26. The van der Waals surface area contributed by atoms with Crippen LogP contribution in [0.25, 0.3) is 10.4 Å². The molecule has 1 aromatic carbocycles. The van der Waals surface area contributed by atoms with E-state index in [0.29, 0.717) is 16.8 Å². The standard InChI is InChI=1S/C8H8FN3/c1-5-3-4-7(11-12-10)6(2)8(5)9/h3-4H,1-2H3. The van der Waals surface area contributed by atoms with Gasteiger partial charge in [-0.1, -0.05) is 17.2 Å². The maximum Gasteiger partial charge on any atom is 0.129 e. The maximum absolute atomic E-state index is 13.1. The average molecular weight is 165 g/mol. The molecule has 0 aromatic heterocycles. The van der Waals surface area contributed by atoms with E-state index in [4.69, 9.17) is 5.53 Å². The fourth-order valence-corrected chi connectivity index (χ4v) is 0.967. The summed E-state index contributed by atoms with van der Waals surface area (Å²) in [4.78, 5) is 2.60. The molecule has 62 valence electrons. The molecule has 0 unspecified atom stereocenters. The Morgan fingerprint density at radius 1 is 1.42 bits per heavy atom. The zero-order valence-electron chi connectivity index (χ0n) is 6.87. The fourth-order valence-electron chi connectivity index (χ4n) is 0.967. The Hall–Kier alpha value is -1.54. The highest BCUT2D eigenvalue weighted by molar-refractivity contribution is 5.47. The monoisotopic (exact) mass is 165 g/mol. The minimum absolute atomic E-state index is 0.306. The van der Waals surface area contributed by atoms with Crippen LogP contribution in [0, 0.1) is 19.7 Å². The summed E-state index contributed by atoms with van der Waals surface area (Å²) >= 11 is 0. The summed E-state index contributed by atoms with van der Waals surface area (Å²) in [5.74, 6) is -0.306. The van der Waals surface area contributed by atoms with Crippen LogP contribution in [0.4, 0.5) is 10.1 Å². The molecule has 0 aliphatic rings. The number of benzene rings is 1. The van der Waals surface area contributed by atoms with Crippen LogP contribution in [0.2, 0.25) is 0 Å². The van der Waals surface area contributed by atoms with E-state index >= 15 is 0 Å². The first-order chi connectivity index (χ1) is 5.66. The van der Waals surface area contributed by atoms with Gasteiger partial charge in [-0.2, -0.15) is 0 Å². The Morgan fingerprint density at radius 2 is 2.08 bits per heavy atom. The van der Waals surface area contributed by atoms with Crippen molar-refractivity contribution >= 4 is 5.69 Å². The van der Waals surface area contributed by atoms with Gasteiger partial charge in [-0.15, -0.1) is 0 Å². The van der Waals surface area contributed by atoms with Crippen molar-refractivity contribution in [1.82, 2.24) is 0 Å². The van der Waals surface area contributed by atoms with E-state index in [1.807, 2.05) is 0 Å². The predicted octanol–water partition coefficient (Wildman–Crippen LogP) is 3.38. The predicted molar refractivity (Wildman–Crippen MR) is 44.7 cm³/mol. The number of hydrogen-bond donors (Lipinski definition) is 0. The summed E-state index contributed by atoms with van der Waals surface area (Å²) in [6.07, 6.45) is 0. The SMILES string of the molecule is Cc1ccc(N=[N+]=[N-])c(C)c1F. The first kappa shape index (κ1) is 8.56. The average Bonchev–Trinajstić information content (AvgIpc) is 2.07. The van der Waals surface area contributed by atoms with Gasteiger partial charge in [0.05, 0.1) is 0 Å². The van der Waals surface area contributed by atoms with Gasteiger partial charge >= 0.3 is 0 Å². The van der Waals surface area contributed by atoms with Gasteiger partial charge in [0.25, 0.3) is 0 Å². The molecule has 0 N–H and O–H groups in total. The van der Waals surface area contributed by atoms with E-state index in [2.05, 4.69) is 10.0 Å². The van der Waals surface area contributed by atoms with Crippen LogP contribution in [0.1, 0.15) is 11.1 Å². The highest BCUT2D eigenvalue weighted by Crippen LogP contribution is 2.23. The Bertz CT molecular complexity index is 354. The molecule has 0 bridgehead atoms. The van der Waals surface area contributed by atoms with Crippen LogP contribution in [0.3, 0.4) is 0 Å². The normalized spacial score (nSPS) is 9.25. The molecule has 0 aliphatic carbocycles. The second-order valence-electron chi connectivity index (χ2n) is 2.53. The van der Waals surface area contributed by atoms with Crippen molar-refractivity contribution in [1.29, 1.82) is 0 Å². The molecule has 0 saturated heterocycles. The molecule has 1 aromatic rings. The lowest BCUT2D eigenvalue weighted by molar-refractivity contribution is 0.609. The van der Waals surface area contributed by atoms with Gasteiger partial charge in [-0.3, -0.25) is 0 Å². The van der Waals surface area contributed by atoms with Crippen molar-refractivity contribution in [3.05, 3.63) is 39.5 Å². The quantitative estimate of drug-likeness (QED) is 0.348. The second kappa shape index (κ2) is 3.24. The van der Waals surface area contributed by atoms with Crippen molar-refractivity contribution in [3.8, 4) is 0 Å². The number of hydrogen-bond acceptors (Lipinski definition) is 1. The molecule has 0 spiro atoms. The van der Waals surface area contributed by atoms with E-state index in [9.17, 15) is 4.39 Å². The summed E-state index contributed by atoms with van der Waals surface area (Å²) in [6, 6.07) is 3.19. The number of halogens is 1. The lowest BCUT2D eigenvalue weighted by Crippen LogP contribution is -1.86. The number of aryl methyl sites for hydroxylation is 1. The summed E-state index contributed by atoms with van der Waals surface area (Å²) in [5.41, 5.74) is 9.44. The van der Waals surface area contributed by atoms with E-state index in [-0.39, 0.29) is 5.82 Å². The molecular weight excluding hydrogens is 157 g/mol. The van der Waals surface area contributed by atoms with Crippen LogP contribution in [-0.2, 0) is 0 Å². The Kier molecular flexibility index (Phi) is 2.31. The van der Waals surface area contributed by atoms with Crippen molar-refractivity contribution < 1.29 is 4.39 Å². The first-order valence-electron chi connectivity index (χ1n) is 3.47. The third-order valence-electron chi connectivity index (χ3n) is 1.70. The van der Waals surface area contributed by atoms with Gasteiger partial charge in [0.15, 0.2) is 0 Å². The molecule has 0 fully saturated rings. The minimum Gasteiger partial charge on any atom is -0.206 e. The third-order valence-corrected chi connectivity index (χ3v) is 1.70. The van der Waals surface area contributed by atoms with Crippen LogP contribution in [0.15, 0.2) is 17.2 Å². The van der Waals surface area contributed by atoms with E-state index in [1.165, 1.54) is 0 Å². The molecule has 4 heteroatoms. The first-order valence-corrected chi connectivity index (χ1v) is 3.47. The zero-order valence-corrected chi connectivity index (χ0v) is 6.87. The fraction of sp³-hybridized carbons (Fsp3) is 0.250. The third kappa shape index (κ3) is 1.38. The maximum atomic E-state index is 13.1. The Morgan fingerprint density at radius 3 is 2.67 bits per heavy atom. The van der Waals surface area contributed by atoms with Crippen molar-refractivity contribution in [3.63, 3.8) is 0 Å². The van der Waals surface area contributed by atoms with Gasteiger partial charge in [0.2, 0.25) is 0 Å². The lowest BCUT2D eigenvalue weighted by atomic mass is 10.1. The smallest absolute Gasteiger partial charge is 0.129 e. The molecule has 0 saturated carbocycles. The van der Waals surface area contributed by atoms with Gasteiger partial charge < -0.3 is 0 Å². The Labute approximate surface area is 69.5 Å². The topological polar surface area (TPSA) is 48.8 Å². The number of nitrogens with zero attached hydrogens (tertiary/aromatic N) is 3. The Balaban J connectivity index is 3.35. The van der Waals surface area contributed by atoms with Crippen LogP contribution >= 0.6 is 0 Å². The molecule has 0 radical (unpaired) electrons. The van der Waals surface area contributed by atoms with Crippen molar-refractivity contribution in [2.45, 2.75) is 13.8 Å². The second-order valence-corrected chi connectivity index (χ2v) is 2.53. The highest BCUT2D eigenvalue weighted by atomic mass is 19.1. The largest absolute Gasteiger partial charge is 0.206 e. The molecule has 3 nitrogen and oxygen atoms in total. The van der Waals surface area contributed by atoms with Crippen LogP contribution in [-0.4, -0.2) is 0 Å². The summed E-state index contributed by atoms with van der Waals surface area (Å²) in [5, 5.41) is 3.35. The lowest BCUT2D eigenvalue weighted by Gasteiger charge is -2.02. The van der Waals surface area contributed by atoms with E-state index < -0.39 is 0 Å². The van der Waals surface area contributed by atoms with Gasteiger partial charge in [0, 0.05) is 10.6 Å². The van der Waals surface area contributed by atoms with Crippen molar-refractivity contribution in [2.75, 3.05) is 0 Å². The van der Waals surface area contributed by atoms with Gasteiger partial charge in [0.1, 0.15) is 5.82 Å². The molecule has 0 heterocycles. The number of azide groups is 1. The van der Waals surface area contributed by atoms with Gasteiger partial charge in [-0.25, -0.2) is 4.39 Å². The molecule has 0 amide bonds.